The second-order valence-electron chi connectivity index (χ2n) is 11.7. The topological polar surface area (TPSA) is 64.2 Å². The van der Waals surface area contributed by atoms with E-state index in [1.54, 1.807) is 0 Å². The van der Waals surface area contributed by atoms with E-state index in [1.165, 1.54) is 16.3 Å². The van der Waals surface area contributed by atoms with Crippen LogP contribution < -0.4 is 0 Å². The van der Waals surface area contributed by atoms with Gasteiger partial charge in [-0.25, -0.2) is 15.0 Å². The Kier molecular flexibility index (Phi) is 5.32. The molecule has 2 aliphatic rings. The van der Waals surface area contributed by atoms with E-state index < -0.39 is 0 Å². The zero-order valence-electron chi connectivity index (χ0n) is 24.0. The van der Waals surface area contributed by atoms with Gasteiger partial charge in [-0.15, -0.1) is 0 Å². The van der Waals surface area contributed by atoms with Crippen molar-refractivity contribution in [1.29, 1.82) is 0 Å². The zero-order valence-corrected chi connectivity index (χ0v) is 24.0. The van der Waals surface area contributed by atoms with Gasteiger partial charge in [0.25, 0.3) is 0 Å². The molecule has 208 valence electrons. The number of benzene rings is 5. The molecule has 1 atom stereocenters. The van der Waals surface area contributed by atoms with Crippen molar-refractivity contribution >= 4 is 44.8 Å². The fourth-order valence-electron chi connectivity index (χ4n) is 6.53. The average molecular weight is 567 g/mol. The van der Waals surface area contributed by atoms with Crippen LogP contribution in [0.2, 0.25) is 0 Å². The van der Waals surface area contributed by atoms with E-state index >= 15 is 0 Å². The van der Waals surface area contributed by atoms with Crippen LogP contribution in [-0.4, -0.2) is 26.7 Å². The molecule has 5 nitrogen and oxygen atoms in total. The number of dihydropyridines is 1. The number of fused-ring (bicyclic) bond motifs is 6. The van der Waals surface area contributed by atoms with Crippen molar-refractivity contribution in [2.75, 3.05) is 0 Å². The van der Waals surface area contributed by atoms with Gasteiger partial charge < -0.3 is 4.42 Å². The van der Waals surface area contributed by atoms with E-state index in [1.807, 2.05) is 24.4 Å². The Morgan fingerprint density at radius 3 is 1.98 bits per heavy atom. The van der Waals surface area contributed by atoms with Gasteiger partial charge in [-0.2, -0.15) is 0 Å². The Morgan fingerprint density at radius 1 is 0.659 bits per heavy atom. The smallest absolute Gasteiger partial charge is 0.164 e. The minimum atomic E-state index is -0.324. The van der Waals surface area contributed by atoms with Crippen LogP contribution >= 0.6 is 0 Å². The Bertz CT molecular complexity index is 2300. The monoisotopic (exact) mass is 566 g/mol. The van der Waals surface area contributed by atoms with E-state index in [-0.39, 0.29) is 5.54 Å². The van der Waals surface area contributed by atoms with Crippen LogP contribution in [0.3, 0.4) is 0 Å². The molecular formula is C39H26N4O. The van der Waals surface area contributed by atoms with Gasteiger partial charge in [-0.1, -0.05) is 91.0 Å². The summed E-state index contributed by atoms with van der Waals surface area (Å²) in [7, 11) is 0. The van der Waals surface area contributed by atoms with Gasteiger partial charge in [0, 0.05) is 40.3 Å². The summed E-state index contributed by atoms with van der Waals surface area (Å²) in [5.41, 5.74) is 5.55. The minimum Gasteiger partial charge on any atom is -0.460 e. The minimum absolute atomic E-state index is 0.324. The zero-order chi connectivity index (χ0) is 29.3. The summed E-state index contributed by atoms with van der Waals surface area (Å²) < 4.78 is 6.48. The predicted molar refractivity (Wildman–Crippen MR) is 179 cm³/mol. The summed E-state index contributed by atoms with van der Waals surface area (Å²) in [5, 5.41) is 5.65. The summed E-state index contributed by atoms with van der Waals surface area (Å²) in [6, 6.07) is 35.6. The molecule has 9 rings (SSSR count). The van der Waals surface area contributed by atoms with Crippen LogP contribution in [0.4, 0.5) is 0 Å². The maximum Gasteiger partial charge on any atom is 0.164 e. The van der Waals surface area contributed by atoms with Crippen molar-refractivity contribution in [3.63, 3.8) is 0 Å². The molecule has 2 aromatic heterocycles. The van der Waals surface area contributed by atoms with Gasteiger partial charge >= 0.3 is 0 Å². The normalized spacial score (nSPS) is 17.2. The molecule has 0 fully saturated rings. The number of aromatic nitrogens is 3. The van der Waals surface area contributed by atoms with Crippen molar-refractivity contribution in [2.45, 2.75) is 18.9 Å². The second-order valence-corrected chi connectivity index (χ2v) is 11.7. The van der Waals surface area contributed by atoms with Crippen molar-refractivity contribution in [3.05, 3.63) is 132 Å². The summed E-state index contributed by atoms with van der Waals surface area (Å²) in [5.74, 6) is 2.82. The van der Waals surface area contributed by atoms with Crippen LogP contribution in [0, 0.1) is 0 Å². The number of allylic oxidation sites excluding steroid dienone is 1. The number of hydrogen-bond donors (Lipinski definition) is 0. The highest BCUT2D eigenvalue weighted by Crippen LogP contribution is 2.43. The molecule has 0 saturated carbocycles. The summed E-state index contributed by atoms with van der Waals surface area (Å²) in [4.78, 5) is 20.1. The van der Waals surface area contributed by atoms with Crippen molar-refractivity contribution in [1.82, 2.24) is 15.0 Å². The van der Waals surface area contributed by atoms with Gasteiger partial charge in [-0.05, 0) is 64.4 Å². The highest BCUT2D eigenvalue weighted by Gasteiger charge is 2.35. The molecular weight excluding hydrogens is 540 g/mol. The molecule has 7 aromatic rings. The van der Waals surface area contributed by atoms with E-state index in [0.717, 1.165) is 49.8 Å². The second kappa shape index (κ2) is 9.41. The van der Waals surface area contributed by atoms with Crippen LogP contribution in [0.15, 0.2) is 130 Å². The van der Waals surface area contributed by atoms with Crippen LogP contribution in [0.5, 0.6) is 0 Å². The number of rotatable bonds is 3. The quantitative estimate of drug-likeness (QED) is 0.214. The fourth-order valence-corrected chi connectivity index (χ4v) is 6.53. The molecule has 1 unspecified atom stereocenters. The summed E-state index contributed by atoms with van der Waals surface area (Å²) >= 11 is 0. The molecule has 0 amide bonds. The van der Waals surface area contributed by atoms with Gasteiger partial charge in [0.1, 0.15) is 11.3 Å². The standard InChI is InChI=1S/C39H26N4O/c1-39-23-34-32(22-30(39)12-7-19-40-39)35-31(13-6-14-33(35)44-34)38-42-36(28-17-15-24-8-2-4-10-26(24)20-28)41-37(43-38)29-18-16-25-9-3-5-11-27(25)21-29/h2-22H,23H2,1H3. The maximum absolute atomic E-state index is 6.48. The lowest BCUT2D eigenvalue weighted by Gasteiger charge is -2.31. The Balaban J connectivity index is 1.28. The molecule has 5 aromatic carbocycles. The largest absolute Gasteiger partial charge is 0.460 e. The molecule has 0 bridgehead atoms. The molecule has 1 aliphatic heterocycles. The summed E-state index contributed by atoms with van der Waals surface area (Å²) in [6.45, 7) is 2.16. The Labute approximate surface area is 254 Å². The Morgan fingerprint density at radius 2 is 1.30 bits per heavy atom. The molecule has 5 heteroatoms. The molecule has 0 spiro atoms. The van der Waals surface area contributed by atoms with E-state index in [4.69, 9.17) is 24.4 Å². The van der Waals surface area contributed by atoms with Crippen molar-refractivity contribution in [2.24, 2.45) is 4.99 Å². The first-order valence-corrected chi connectivity index (χ1v) is 14.8. The average Bonchev–Trinajstić information content (AvgIpc) is 3.43. The van der Waals surface area contributed by atoms with E-state index in [9.17, 15) is 0 Å². The molecule has 0 N–H and O–H groups in total. The lowest BCUT2D eigenvalue weighted by atomic mass is 9.80. The first-order chi connectivity index (χ1) is 21.6. The first kappa shape index (κ1) is 24.9. The van der Waals surface area contributed by atoms with E-state index in [2.05, 4.69) is 110 Å². The third kappa shape index (κ3) is 3.93. The highest BCUT2D eigenvalue weighted by molar-refractivity contribution is 6.01. The number of hydrogen-bond acceptors (Lipinski definition) is 5. The summed E-state index contributed by atoms with van der Waals surface area (Å²) in [6.07, 6.45) is 8.95. The van der Waals surface area contributed by atoms with Crippen LogP contribution in [0.1, 0.15) is 18.2 Å². The number of nitrogens with zero attached hydrogens (tertiary/aromatic N) is 4. The maximum atomic E-state index is 6.48. The van der Waals surface area contributed by atoms with E-state index in [0.29, 0.717) is 23.9 Å². The van der Waals surface area contributed by atoms with Crippen molar-refractivity contribution < 1.29 is 4.42 Å². The predicted octanol–water partition coefficient (Wildman–Crippen LogP) is 9.26. The van der Waals surface area contributed by atoms with Gasteiger partial charge in [0.15, 0.2) is 17.5 Å². The van der Waals surface area contributed by atoms with Crippen molar-refractivity contribution in [3.8, 4) is 34.2 Å². The number of aliphatic imine (C=N–C) groups is 1. The van der Waals surface area contributed by atoms with Gasteiger partial charge in [0.05, 0.1) is 5.54 Å². The van der Waals surface area contributed by atoms with Gasteiger partial charge in [0.2, 0.25) is 0 Å². The Hall–Kier alpha value is -5.68. The lowest BCUT2D eigenvalue weighted by Crippen LogP contribution is -2.31. The molecule has 3 heterocycles. The lowest BCUT2D eigenvalue weighted by molar-refractivity contribution is 0.465. The van der Waals surface area contributed by atoms with Gasteiger partial charge in [-0.3, -0.25) is 4.99 Å². The highest BCUT2D eigenvalue weighted by atomic mass is 16.3. The molecule has 1 aliphatic carbocycles. The molecule has 0 radical (unpaired) electrons. The SMILES string of the molecule is CC12Cc3oc4cccc(-c5nc(-c6ccc7ccccc7c6)nc(-c6ccc7ccccc7c6)n5)c4c3C=C1C=CC=N2. The van der Waals surface area contributed by atoms with Crippen LogP contribution in [0.25, 0.3) is 72.8 Å². The fraction of sp³-hybridized carbons (Fsp3) is 0.0769. The third-order valence-electron chi connectivity index (χ3n) is 8.87. The number of furan rings is 1. The molecule has 0 saturated heterocycles. The molecule has 44 heavy (non-hydrogen) atoms. The third-order valence-corrected chi connectivity index (χ3v) is 8.87. The first-order valence-electron chi connectivity index (χ1n) is 14.8. The van der Waals surface area contributed by atoms with Crippen LogP contribution in [-0.2, 0) is 6.42 Å².